The van der Waals surface area contributed by atoms with Crippen LogP contribution in [0, 0.1) is 5.92 Å². The van der Waals surface area contributed by atoms with Gasteiger partial charge in [-0.3, -0.25) is 0 Å². The lowest BCUT2D eigenvalue weighted by atomic mass is 9.95. The largest absolute Gasteiger partial charge is 0.122 e. The molecule has 0 nitrogen and oxygen atoms in total. The maximum atomic E-state index is 6.33. The van der Waals surface area contributed by atoms with Crippen molar-refractivity contribution >= 4 is 17.7 Å². The minimum atomic E-state index is 0.167. The van der Waals surface area contributed by atoms with Crippen LogP contribution in [0.25, 0.3) is 6.08 Å². The molecule has 2 rings (SSSR count). The summed E-state index contributed by atoms with van der Waals surface area (Å²) in [5.74, 6) is 1.28. The molecule has 0 saturated heterocycles. The van der Waals surface area contributed by atoms with Crippen LogP contribution in [0.2, 0.25) is 0 Å². The lowest BCUT2D eigenvalue weighted by Gasteiger charge is -2.15. The third-order valence-corrected chi connectivity index (χ3v) is 3.05. The molecule has 0 bridgehead atoms. The predicted molar refractivity (Wildman–Crippen MR) is 62.4 cm³/mol. The summed E-state index contributed by atoms with van der Waals surface area (Å²) in [6, 6.07) is 8.42. The van der Waals surface area contributed by atoms with E-state index in [0.717, 1.165) is 12.8 Å². The van der Waals surface area contributed by atoms with Crippen molar-refractivity contribution in [3.8, 4) is 0 Å². The molecular formula is C13H14Cl. The van der Waals surface area contributed by atoms with Crippen molar-refractivity contribution < 1.29 is 0 Å². The van der Waals surface area contributed by atoms with Crippen LogP contribution in [0.1, 0.15) is 30.9 Å². The van der Waals surface area contributed by atoms with Crippen molar-refractivity contribution in [3.05, 3.63) is 47.4 Å². The molecule has 1 heteroatoms. The van der Waals surface area contributed by atoms with Crippen molar-refractivity contribution in [2.24, 2.45) is 0 Å². The number of benzene rings is 1. The second kappa shape index (κ2) is 4.18. The molecule has 1 aromatic carbocycles. The van der Waals surface area contributed by atoms with Crippen LogP contribution in [0.3, 0.4) is 0 Å². The van der Waals surface area contributed by atoms with E-state index in [4.69, 9.17) is 11.6 Å². The first kappa shape index (κ1) is 9.79. The minimum absolute atomic E-state index is 0.167. The highest BCUT2D eigenvalue weighted by Crippen LogP contribution is 2.35. The zero-order valence-electron chi connectivity index (χ0n) is 8.33. The fourth-order valence-electron chi connectivity index (χ4n) is 1.86. The first-order chi connectivity index (χ1) is 6.83. The highest BCUT2D eigenvalue weighted by Gasteiger charge is 2.23. The van der Waals surface area contributed by atoms with Gasteiger partial charge in [-0.05, 0) is 17.5 Å². The normalized spacial score (nSPS) is 17.0. The zero-order valence-corrected chi connectivity index (χ0v) is 9.09. The van der Waals surface area contributed by atoms with Crippen LogP contribution in [0.4, 0.5) is 0 Å². The summed E-state index contributed by atoms with van der Waals surface area (Å²) in [6.45, 7) is 2.17. The van der Waals surface area contributed by atoms with Gasteiger partial charge in [-0.1, -0.05) is 49.8 Å². The Morgan fingerprint density at radius 1 is 1.21 bits per heavy atom. The van der Waals surface area contributed by atoms with Crippen LogP contribution < -0.4 is 0 Å². The molecule has 14 heavy (non-hydrogen) atoms. The van der Waals surface area contributed by atoms with Crippen molar-refractivity contribution in [1.82, 2.24) is 0 Å². The summed E-state index contributed by atoms with van der Waals surface area (Å²) in [4.78, 5) is 0. The van der Waals surface area contributed by atoms with Gasteiger partial charge in [-0.2, -0.15) is 0 Å². The predicted octanol–water partition coefficient (Wildman–Crippen LogP) is 4.04. The Morgan fingerprint density at radius 3 is 2.79 bits per heavy atom. The van der Waals surface area contributed by atoms with E-state index in [1.807, 2.05) is 0 Å². The van der Waals surface area contributed by atoms with E-state index >= 15 is 0 Å². The molecule has 0 saturated carbocycles. The molecule has 0 amide bonds. The Bertz CT molecular complexity index is 341. The maximum absolute atomic E-state index is 6.33. The molecule has 73 valence electrons. The molecule has 0 N–H and O–H groups in total. The van der Waals surface area contributed by atoms with Gasteiger partial charge in [0.2, 0.25) is 0 Å². The minimum Gasteiger partial charge on any atom is -0.122 e. The van der Waals surface area contributed by atoms with E-state index in [1.54, 1.807) is 0 Å². The van der Waals surface area contributed by atoms with Gasteiger partial charge in [0.15, 0.2) is 0 Å². The fourth-order valence-corrected chi connectivity index (χ4v) is 2.27. The van der Waals surface area contributed by atoms with Gasteiger partial charge in [0.05, 0.1) is 0 Å². The van der Waals surface area contributed by atoms with Crippen LogP contribution in [-0.4, -0.2) is 5.38 Å². The second-order valence-corrected chi connectivity index (χ2v) is 4.16. The third kappa shape index (κ3) is 1.72. The molecule has 0 heterocycles. The molecule has 1 radical (unpaired) electrons. The average molecular weight is 206 g/mol. The molecule has 0 fully saturated rings. The SMILES string of the molecule is CCCC(Cl)[C]1C=Cc2ccccc21. The molecule has 1 aromatic rings. The van der Waals surface area contributed by atoms with Crippen molar-refractivity contribution in [1.29, 1.82) is 0 Å². The first-order valence-electron chi connectivity index (χ1n) is 5.11. The standard InChI is InChI=1S/C13H14Cl/c1-2-5-13(14)12-9-8-10-6-3-4-7-11(10)12/h3-4,6-9,13H,2,5H2,1H3. The number of fused-ring (bicyclic) bond motifs is 1. The van der Waals surface area contributed by atoms with Gasteiger partial charge in [-0.15, -0.1) is 11.6 Å². The summed E-state index contributed by atoms with van der Waals surface area (Å²) in [5, 5.41) is 0.167. The highest BCUT2D eigenvalue weighted by atomic mass is 35.5. The van der Waals surface area contributed by atoms with Crippen LogP contribution in [0.15, 0.2) is 30.3 Å². The number of hydrogen-bond donors (Lipinski definition) is 0. The van der Waals surface area contributed by atoms with E-state index in [0.29, 0.717) is 0 Å². The lowest BCUT2D eigenvalue weighted by molar-refractivity contribution is 0.772. The summed E-state index contributed by atoms with van der Waals surface area (Å²) in [5.41, 5.74) is 2.60. The Labute approximate surface area is 90.6 Å². The molecule has 1 atom stereocenters. The summed E-state index contributed by atoms with van der Waals surface area (Å²) in [6.07, 6.45) is 6.48. The number of allylic oxidation sites excluding steroid dienone is 1. The molecule has 1 unspecified atom stereocenters. The zero-order chi connectivity index (χ0) is 9.97. The number of alkyl halides is 1. The quantitative estimate of drug-likeness (QED) is 0.654. The lowest BCUT2D eigenvalue weighted by Crippen LogP contribution is -2.09. The molecule has 0 spiro atoms. The average Bonchev–Trinajstić information content (AvgIpc) is 2.61. The number of hydrogen-bond acceptors (Lipinski definition) is 0. The first-order valence-corrected chi connectivity index (χ1v) is 5.55. The fraction of sp³-hybridized carbons (Fsp3) is 0.308. The Balaban J connectivity index is 2.21. The number of halogens is 1. The Kier molecular flexibility index (Phi) is 2.93. The van der Waals surface area contributed by atoms with Crippen molar-refractivity contribution in [2.45, 2.75) is 25.1 Å². The monoisotopic (exact) mass is 205 g/mol. The summed E-state index contributed by atoms with van der Waals surface area (Å²) in [7, 11) is 0. The van der Waals surface area contributed by atoms with Crippen molar-refractivity contribution in [3.63, 3.8) is 0 Å². The van der Waals surface area contributed by atoms with Gasteiger partial charge in [0.1, 0.15) is 0 Å². The van der Waals surface area contributed by atoms with E-state index in [9.17, 15) is 0 Å². The summed E-state index contributed by atoms with van der Waals surface area (Å²) >= 11 is 6.33. The third-order valence-electron chi connectivity index (χ3n) is 2.59. The van der Waals surface area contributed by atoms with E-state index in [2.05, 4.69) is 43.3 Å². The van der Waals surface area contributed by atoms with Gasteiger partial charge < -0.3 is 0 Å². The van der Waals surface area contributed by atoms with Gasteiger partial charge >= 0.3 is 0 Å². The van der Waals surface area contributed by atoms with E-state index < -0.39 is 0 Å². The maximum Gasteiger partial charge on any atom is 0.0480 e. The van der Waals surface area contributed by atoms with Gasteiger partial charge in [0, 0.05) is 11.3 Å². The Morgan fingerprint density at radius 2 is 2.00 bits per heavy atom. The number of rotatable bonds is 3. The summed E-state index contributed by atoms with van der Waals surface area (Å²) < 4.78 is 0. The van der Waals surface area contributed by atoms with E-state index in [1.165, 1.54) is 17.0 Å². The molecular weight excluding hydrogens is 192 g/mol. The molecule has 1 aliphatic carbocycles. The Hall–Kier alpha value is -0.750. The molecule has 0 aliphatic heterocycles. The van der Waals surface area contributed by atoms with Gasteiger partial charge in [-0.25, -0.2) is 0 Å². The molecule has 1 aliphatic rings. The van der Waals surface area contributed by atoms with Crippen LogP contribution in [-0.2, 0) is 0 Å². The second-order valence-electron chi connectivity index (χ2n) is 3.63. The van der Waals surface area contributed by atoms with Crippen LogP contribution >= 0.6 is 11.6 Å². The van der Waals surface area contributed by atoms with Gasteiger partial charge in [0.25, 0.3) is 0 Å². The molecule has 0 aromatic heterocycles. The van der Waals surface area contributed by atoms with Crippen LogP contribution in [0.5, 0.6) is 0 Å². The smallest absolute Gasteiger partial charge is 0.0480 e. The topological polar surface area (TPSA) is 0 Å². The highest BCUT2D eigenvalue weighted by molar-refractivity contribution is 6.22. The van der Waals surface area contributed by atoms with Crippen molar-refractivity contribution in [2.75, 3.05) is 0 Å². The van der Waals surface area contributed by atoms with E-state index in [-0.39, 0.29) is 5.38 Å².